The molecule has 1 fully saturated rings. The number of hydrogen-bond acceptors (Lipinski definition) is 6. The number of aryl methyl sites for hydroxylation is 1. The predicted octanol–water partition coefficient (Wildman–Crippen LogP) is 1.96. The van der Waals surface area contributed by atoms with Gasteiger partial charge in [0.2, 0.25) is 0 Å². The summed E-state index contributed by atoms with van der Waals surface area (Å²) < 4.78 is 30.5. The number of rotatable bonds is 3. The van der Waals surface area contributed by atoms with Crippen molar-refractivity contribution in [2.45, 2.75) is 57.2 Å². The second-order valence-corrected chi connectivity index (χ2v) is 8.65. The van der Waals surface area contributed by atoms with Crippen LogP contribution in [0.1, 0.15) is 39.3 Å². The fourth-order valence-electron chi connectivity index (χ4n) is 2.60. The number of carbonyl (C=O) groups is 1. The van der Waals surface area contributed by atoms with E-state index in [4.69, 9.17) is 4.74 Å². The normalized spacial score (nSPS) is 19.0. The summed E-state index contributed by atoms with van der Waals surface area (Å²) in [6.45, 7) is 7.48. The van der Waals surface area contributed by atoms with E-state index >= 15 is 0 Å². The second kappa shape index (κ2) is 6.43. The highest BCUT2D eigenvalue weighted by Gasteiger charge is 2.36. The first kappa shape index (κ1) is 17.7. The van der Waals surface area contributed by atoms with Gasteiger partial charge in [-0.15, -0.1) is 0 Å². The third kappa shape index (κ3) is 4.40. The molecule has 0 N–H and O–H groups in total. The van der Waals surface area contributed by atoms with Crippen molar-refractivity contribution >= 4 is 15.9 Å². The largest absolute Gasteiger partial charge is 0.444 e. The molecule has 0 bridgehead atoms. The zero-order valence-electron chi connectivity index (χ0n) is 13.9. The van der Waals surface area contributed by atoms with Crippen LogP contribution in [-0.2, 0) is 14.6 Å². The standard InChI is InChI=1S/C15H23N3O4S/c1-11-13(17-8-7-16-11)23(20,21)10-12-6-5-9-18(12)14(19)22-15(2,3)4/h7-8,12H,5-6,9-10H2,1-4H3/t12-/m0/s1. The Hall–Kier alpha value is -1.70. The van der Waals surface area contributed by atoms with Crippen LogP contribution in [0.2, 0.25) is 0 Å². The Labute approximate surface area is 137 Å². The molecule has 2 heterocycles. The first-order valence-electron chi connectivity index (χ1n) is 7.60. The quantitative estimate of drug-likeness (QED) is 0.835. The van der Waals surface area contributed by atoms with E-state index in [0.717, 1.165) is 6.42 Å². The topological polar surface area (TPSA) is 89.5 Å². The van der Waals surface area contributed by atoms with Gasteiger partial charge in [0.1, 0.15) is 5.60 Å². The van der Waals surface area contributed by atoms with E-state index in [2.05, 4.69) is 9.97 Å². The van der Waals surface area contributed by atoms with Crippen molar-refractivity contribution in [1.29, 1.82) is 0 Å². The van der Waals surface area contributed by atoms with Gasteiger partial charge in [0.15, 0.2) is 14.9 Å². The Morgan fingerprint density at radius 1 is 1.35 bits per heavy atom. The minimum Gasteiger partial charge on any atom is -0.444 e. The molecule has 0 spiro atoms. The minimum absolute atomic E-state index is 0.0176. The number of hydrogen-bond donors (Lipinski definition) is 0. The number of likely N-dealkylation sites (tertiary alicyclic amines) is 1. The Bertz CT molecular complexity index is 682. The molecular weight excluding hydrogens is 318 g/mol. The van der Waals surface area contributed by atoms with Crippen molar-refractivity contribution in [3.63, 3.8) is 0 Å². The molecule has 1 aromatic rings. The summed E-state index contributed by atoms with van der Waals surface area (Å²) >= 11 is 0. The number of carbonyl (C=O) groups excluding carboxylic acids is 1. The van der Waals surface area contributed by atoms with Crippen LogP contribution in [0.25, 0.3) is 0 Å². The number of amides is 1. The van der Waals surface area contributed by atoms with Crippen LogP contribution in [-0.4, -0.2) is 53.3 Å². The average Bonchev–Trinajstić information content (AvgIpc) is 2.84. The second-order valence-electron chi connectivity index (χ2n) is 6.70. The highest BCUT2D eigenvalue weighted by Crippen LogP contribution is 2.24. The predicted molar refractivity (Wildman–Crippen MR) is 84.8 cm³/mol. The van der Waals surface area contributed by atoms with Gasteiger partial charge in [0, 0.05) is 25.0 Å². The summed E-state index contributed by atoms with van der Waals surface area (Å²) in [5, 5.41) is -0.0176. The van der Waals surface area contributed by atoms with Crippen LogP contribution in [0, 0.1) is 6.92 Å². The number of sulfone groups is 1. The van der Waals surface area contributed by atoms with Gasteiger partial charge < -0.3 is 9.64 Å². The molecule has 1 saturated heterocycles. The lowest BCUT2D eigenvalue weighted by Crippen LogP contribution is -2.42. The Kier molecular flexibility index (Phi) is 4.93. The monoisotopic (exact) mass is 341 g/mol. The van der Waals surface area contributed by atoms with Crippen LogP contribution in [0.4, 0.5) is 4.79 Å². The molecule has 0 radical (unpaired) electrons. The highest BCUT2D eigenvalue weighted by molar-refractivity contribution is 7.91. The van der Waals surface area contributed by atoms with Crippen molar-refractivity contribution in [3.05, 3.63) is 18.1 Å². The maximum absolute atomic E-state index is 12.6. The van der Waals surface area contributed by atoms with E-state index in [-0.39, 0.29) is 10.8 Å². The zero-order chi connectivity index (χ0) is 17.3. The third-order valence-electron chi connectivity index (χ3n) is 3.55. The molecule has 1 amide bonds. The molecule has 2 rings (SSSR count). The van der Waals surface area contributed by atoms with Crippen molar-refractivity contribution in [2.24, 2.45) is 0 Å². The summed E-state index contributed by atoms with van der Waals surface area (Å²) in [7, 11) is -3.61. The highest BCUT2D eigenvalue weighted by atomic mass is 32.2. The molecule has 0 aromatic carbocycles. The SMILES string of the molecule is Cc1nccnc1S(=O)(=O)C[C@@H]1CCCN1C(=O)OC(C)(C)C. The summed E-state index contributed by atoms with van der Waals surface area (Å²) in [5.41, 5.74) is -0.237. The van der Waals surface area contributed by atoms with E-state index in [1.165, 1.54) is 17.3 Å². The zero-order valence-corrected chi connectivity index (χ0v) is 14.8. The van der Waals surface area contributed by atoms with Gasteiger partial charge in [0.25, 0.3) is 0 Å². The molecule has 8 heteroatoms. The first-order valence-corrected chi connectivity index (χ1v) is 9.25. The Balaban J connectivity index is 2.15. The maximum atomic E-state index is 12.6. The van der Waals surface area contributed by atoms with Crippen LogP contribution < -0.4 is 0 Å². The molecule has 1 aromatic heterocycles. The van der Waals surface area contributed by atoms with E-state index < -0.39 is 27.6 Å². The van der Waals surface area contributed by atoms with E-state index in [0.29, 0.717) is 18.7 Å². The van der Waals surface area contributed by atoms with Gasteiger partial charge in [-0.1, -0.05) is 0 Å². The lowest BCUT2D eigenvalue weighted by atomic mass is 10.2. The fourth-order valence-corrected chi connectivity index (χ4v) is 4.34. The molecule has 128 valence electrons. The van der Waals surface area contributed by atoms with Crippen molar-refractivity contribution in [1.82, 2.24) is 14.9 Å². The van der Waals surface area contributed by atoms with Crippen molar-refractivity contribution in [3.8, 4) is 0 Å². The summed E-state index contributed by atoms with van der Waals surface area (Å²) in [6.07, 6.45) is 3.75. The molecule has 1 aliphatic rings. The lowest BCUT2D eigenvalue weighted by Gasteiger charge is -2.28. The molecule has 0 saturated carbocycles. The Morgan fingerprint density at radius 2 is 2.00 bits per heavy atom. The van der Waals surface area contributed by atoms with Crippen LogP contribution in [0.15, 0.2) is 17.4 Å². The number of aromatic nitrogens is 2. The third-order valence-corrected chi connectivity index (χ3v) is 5.36. The molecule has 7 nitrogen and oxygen atoms in total. The molecule has 23 heavy (non-hydrogen) atoms. The van der Waals surface area contributed by atoms with E-state index in [9.17, 15) is 13.2 Å². The first-order chi connectivity index (χ1) is 10.6. The lowest BCUT2D eigenvalue weighted by molar-refractivity contribution is 0.0241. The van der Waals surface area contributed by atoms with Gasteiger partial charge in [-0.05, 0) is 40.5 Å². The molecule has 1 aliphatic heterocycles. The smallest absolute Gasteiger partial charge is 0.410 e. The van der Waals surface area contributed by atoms with Gasteiger partial charge in [0.05, 0.1) is 11.4 Å². The molecule has 0 aliphatic carbocycles. The maximum Gasteiger partial charge on any atom is 0.410 e. The van der Waals surface area contributed by atoms with Crippen molar-refractivity contribution in [2.75, 3.05) is 12.3 Å². The fraction of sp³-hybridized carbons (Fsp3) is 0.667. The van der Waals surface area contributed by atoms with Gasteiger partial charge in [-0.3, -0.25) is 4.98 Å². The molecule has 1 atom stereocenters. The van der Waals surface area contributed by atoms with Crippen molar-refractivity contribution < 1.29 is 17.9 Å². The van der Waals surface area contributed by atoms with E-state index in [1.807, 2.05) is 0 Å². The van der Waals surface area contributed by atoms with Crippen LogP contribution in [0.5, 0.6) is 0 Å². The molecular formula is C15H23N3O4S. The molecule has 0 unspecified atom stereocenters. The number of ether oxygens (including phenoxy) is 1. The summed E-state index contributed by atoms with van der Waals surface area (Å²) in [5.74, 6) is -0.161. The number of nitrogens with zero attached hydrogens (tertiary/aromatic N) is 3. The minimum atomic E-state index is -3.61. The Morgan fingerprint density at radius 3 is 2.61 bits per heavy atom. The summed E-state index contributed by atoms with van der Waals surface area (Å²) in [4.78, 5) is 21.7. The average molecular weight is 341 g/mol. The van der Waals surface area contributed by atoms with Crippen LogP contribution in [0.3, 0.4) is 0 Å². The van der Waals surface area contributed by atoms with Gasteiger partial charge >= 0.3 is 6.09 Å². The van der Waals surface area contributed by atoms with Crippen LogP contribution >= 0.6 is 0 Å². The van der Waals surface area contributed by atoms with Gasteiger partial charge in [-0.2, -0.15) is 0 Å². The van der Waals surface area contributed by atoms with E-state index in [1.54, 1.807) is 27.7 Å². The van der Waals surface area contributed by atoms with Gasteiger partial charge in [-0.25, -0.2) is 18.2 Å². The summed E-state index contributed by atoms with van der Waals surface area (Å²) in [6, 6.07) is -0.392.